The smallest absolute Gasteiger partial charge is 0.137 e. The Kier molecular flexibility index (Phi) is 5.57. The van der Waals surface area contributed by atoms with Gasteiger partial charge in [-0.25, -0.2) is 9.97 Å². The number of rotatable bonds is 4. The largest absolute Gasteiger partial charge is 0.379 e. The summed E-state index contributed by atoms with van der Waals surface area (Å²) in [7, 11) is 0. The molecule has 1 aromatic rings. The minimum Gasteiger partial charge on any atom is -0.379 e. The van der Waals surface area contributed by atoms with Crippen molar-refractivity contribution in [1.29, 1.82) is 0 Å². The first-order chi connectivity index (χ1) is 9.84. The van der Waals surface area contributed by atoms with Gasteiger partial charge in [-0.3, -0.25) is 4.90 Å². The van der Waals surface area contributed by atoms with Crippen LogP contribution in [0.25, 0.3) is 0 Å². The zero-order valence-electron chi connectivity index (χ0n) is 13.3. The molecule has 118 valence electrons. The molecule has 0 aliphatic carbocycles. The lowest BCUT2D eigenvalue weighted by atomic mass is 9.96. The van der Waals surface area contributed by atoms with E-state index in [4.69, 9.17) is 4.74 Å². The Balaban J connectivity index is 1.99. The molecule has 0 amide bonds. The van der Waals surface area contributed by atoms with E-state index in [1.54, 1.807) is 0 Å². The highest BCUT2D eigenvalue weighted by molar-refractivity contribution is 9.10. The highest BCUT2D eigenvalue weighted by Crippen LogP contribution is 2.22. The summed E-state index contributed by atoms with van der Waals surface area (Å²) >= 11 is 3.48. The maximum atomic E-state index is 5.38. The Hall–Kier alpha value is -0.720. The van der Waals surface area contributed by atoms with Crippen LogP contribution in [0, 0.1) is 0 Å². The fourth-order valence-corrected chi connectivity index (χ4v) is 2.68. The maximum absolute atomic E-state index is 5.38. The summed E-state index contributed by atoms with van der Waals surface area (Å²) in [5.74, 6) is 1.72. The number of hydrogen-bond acceptors (Lipinski definition) is 5. The van der Waals surface area contributed by atoms with Gasteiger partial charge < -0.3 is 10.1 Å². The molecule has 0 spiro atoms. The number of aromatic nitrogens is 2. The molecule has 1 saturated heterocycles. The van der Waals surface area contributed by atoms with Crippen molar-refractivity contribution in [2.45, 2.75) is 39.2 Å². The minimum atomic E-state index is -0.0618. The molecule has 5 nitrogen and oxygen atoms in total. The monoisotopic (exact) mass is 356 g/mol. The molecule has 0 aromatic carbocycles. The van der Waals surface area contributed by atoms with E-state index in [9.17, 15) is 0 Å². The fourth-order valence-electron chi connectivity index (χ4n) is 2.30. The van der Waals surface area contributed by atoms with E-state index in [-0.39, 0.29) is 5.41 Å². The summed E-state index contributed by atoms with van der Waals surface area (Å²) in [5.41, 5.74) is -0.0618. The Morgan fingerprint density at radius 1 is 1.33 bits per heavy atom. The number of hydrogen-bond donors (Lipinski definition) is 1. The molecule has 2 heterocycles. The lowest BCUT2D eigenvalue weighted by Crippen LogP contribution is -2.42. The summed E-state index contributed by atoms with van der Waals surface area (Å²) in [6.45, 7) is 13.2. The third-order valence-electron chi connectivity index (χ3n) is 3.40. The third kappa shape index (κ3) is 5.20. The van der Waals surface area contributed by atoms with Crippen molar-refractivity contribution in [3.05, 3.63) is 16.5 Å². The van der Waals surface area contributed by atoms with Crippen LogP contribution in [0.5, 0.6) is 0 Å². The molecule has 1 aliphatic heterocycles. The van der Waals surface area contributed by atoms with E-state index in [1.165, 1.54) is 0 Å². The van der Waals surface area contributed by atoms with Crippen molar-refractivity contribution >= 4 is 21.7 Å². The highest BCUT2D eigenvalue weighted by Gasteiger charge is 2.20. The second-order valence-corrected chi connectivity index (χ2v) is 7.42. The molecule has 6 heteroatoms. The van der Waals surface area contributed by atoms with Crippen molar-refractivity contribution in [2.75, 3.05) is 38.2 Å². The average molecular weight is 357 g/mol. The number of nitrogens with one attached hydrogen (secondary N) is 1. The number of nitrogens with zero attached hydrogens (tertiary/aromatic N) is 3. The van der Waals surface area contributed by atoms with E-state index in [0.717, 1.165) is 49.1 Å². The van der Waals surface area contributed by atoms with E-state index >= 15 is 0 Å². The van der Waals surface area contributed by atoms with Gasteiger partial charge in [0.15, 0.2) is 0 Å². The Labute approximate surface area is 135 Å². The van der Waals surface area contributed by atoms with Crippen LogP contribution in [0.15, 0.2) is 10.7 Å². The minimum absolute atomic E-state index is 0.0618. The van der Waals surface area contributed by atoms with Crippen LogP contribution in [0.4, 0.5) is 5.82 Å². The first kappa shape index (κ1) is 16.6. The number of halogens is 1. The maximum Gasteiger partial charge on any atom is 0.137 e. The van der Waals surface area contributed by atoms with Gasteiger partial charge in [-0.15, -0.1) is 0 Å². The van der Waals surface area contributed by atoms with E-state index < -0.39 is 0 Å². The average Bonchev–Trinajstić information content (AvgIpc) is 2.37. The van der Waals surface area contributed by atoms with Crippen LogP contribution in [0.2, 0.25) is 0 Å². The van der Waals surface area contributed by atoms with Crippen molar-refractivity contribution in [2.24, 2.45) is 0 Å². The second-order valence-electron chi connectivity index (χ2n) is 6.61. The molecule has 1 aliphatic rings. The molecular weight excluding hydrogens is 332 g/mol. The van der Waals surface area contributed by atoms with Gasteiger partial charge in [0.25, 0.3) is 0 Å². The van der Waals surface area contributed by atoms with E-state index in [1.807, 2.05) is 6.07 Å². The van der Waals surface area contributed by atoms with Crippen molar-refractivity contribution in [3.8, 4) is 0 Å². The summed E-state index contributed by atoms with van der Waals surface area (Å²) in [4.78, 5) is 11.5. The van der Waals surface area contributed by atoms with Crippen LogP contribution < -0.4 is 5.32 Å². The zero-order valence-corrected chi connectivity index (χ0v) is 14.9. The third-order valence-corrected chi connectivity index (χ3v) is 3.80. The Morgan fingerprint density at radius 3 is 2.62 bits per heavy atom. The molecule has 1 unspecified atom stereocenters. The summed E-state index contributed by atoms with van der Waals surface area (Å²) in [5, 5.41) is 3.48. The van der Waals surface area contributed by atoms with Gasteiger partial charge in [0.1, 0.15) is 16.2 Å². The normalized spacial score (nSPS) is 18.5. The van der Waals surface area contributed by atoms with Crippen molar-refractivity contribution < 1.29 is 4.74 Å². The predicted octanol–water partition coefficient (Wildman–Crippen LogP) is 2.67. The van der Waals surface area contributed by atoms with E-state index in [2.05, 4.69) is 63.8 Å². The van der Waals surface area contributed by atoms with Gasteiger partial charge in [0, 0.05) is 37.2 Å². The zero-order chi connectivity index (χ0) is 15.5. The predicted molar refractivity (Wildman–Crippen MR) is 88.8 cm³/mol. The topological polar surface area (TPSA) is 50.3 Å². The Morgan fingerprint density at radius 2 is 2.00 bits per heavy atom. The first-order valence-corrected chi connectivity index (χ1v) is 8.25. The summed E-state index contributed by atoms with van der Waals surface area (Å²) in [6, 6.07) is 2.27. The van der Waals surface area contributed by atoms with Gasteiger partial charge in [0.2, 0.25) is 0 Å². The van der Waals surface area contributed by atoms with Crippen molar-refractivity contribution in [3.63, 3.8) is 0 Å². The van der Waals surface area contributed by atoms with Crippen LogP contribution >= 0.6 is 15.9 Å². The molecule has 0 saturated carbocycles. The molecule has 0 radical (unpaired) electrons. The number of anilines is 1. The standard InChI is InChI=1S/C15H25BrN4O/c1-11(10-20-5-7-21-8-6-20)17-13-9-12(16)18-14(19-13)15(2,3)4/h9,11H,5-8,10H2,1-4H3,(H,17,18,19). The van der Waals surface area contributed by atoms with Crippen LogP contribution in [-0.2, 0) is 10.2 Å². The van der Waals surface area contributed by atoms with Crippen molar-refractivity contribution in [1.82, 2.24) is 14.9 Å². The lowest BCUT2D eigenvalue weighted by Gasteiger charge is -2.29. The molecule has 2 rings (SSSR count). The summed E-state index contributed by atoms with van der Waals surface area (Å²) in [6.07, 6.45) is 0. The van der Waals surface area contributed by atoms with Gasteiger partial charge in [-0.05, 0) is 22.9 Å². The molecular formula is C15H25BrN4O. The highest BCUT2D eigenvalue weighted by atomic mass is 79.9. The van der Waals surface area contributed by atoms with E-state index in [0.29, 0.717) is 6.04 Å². The van der Waals surface area contributed by atoms with Crippen LogP contribution in [0.3, 0.4) is 0 Å². The molecule has 1 fully saturated rings. The quantitative estimate of drug-likeness (QED) is 0.840. The van der Waals surface area contributed by atoms with Crippen LogP contribution in [-0.4, -0.2) is 53.8 Å². The van der Waals surface area contributed by atoms with Gasteiger partial charge in [0.05, 0.1) is 13.2 Å². The first-order valence-electron chi connectivity index (χ1n) is 7.46. The molecule has 1 aromatic heterocycles. The second kappa shape index (κ2) is 7.03. The molecule has 21 heavy (non-hydrogen) atoms. The van der Waals surface area contributed by atoms with Gasteiger partial charge in [-0.2, -0.15) is 0 Å². The molecule has 1 atom stereocenters. The van der Waals surface area contributed by atoms with Gasteiger partial charge in [-0.1, -0.05) is 20.8 Å². The SMILES string of the molecule is CC(CN1CCOCC1)Nc1cc(Br)nc(C(C)(C)C)n1. The number of ether oxygens (including phenoxy) is 1. The fraction of sp³-hybridized carbons (Fsp3) is 0.733. The molecule has 0 bridgehead atoms. The number of morpholine rings is 1. The van der Waals surface area contributed by atoms with Gasteiger partial charge >= 0.3 is 0 Å². The van der Waals surface area contributed by atoms with Crippen LogP contribution in [0.1, 0.15) is 33.5 Å². The molecule has 1 N–H and O–H groups in total. The summed E-state index contributed by atoms with van der Waals surface area (Å²) < 4.78 is 6.20. The lowest BCUT2D eigenvalue weighted by molar-refractivity contribution is 0.0368. The Bertz CT molecular complexity index is 469.